The summed E-state index contributed by atoms with van der Waals surface area (Å²) in [4.78, 5) is 11.3. The zero-order chi connectivity index (χ0) is 12.3. The molecule has 0 spiro atoms. The molecule has 90 valence electrons. The van der Waals surface area contributed by atoms with Crippen molar-refractivity contribution in [2.75, 3.05) is 5.32 Å². The molecule has 0 fully saturated rings. The minimum atomic E-state index is -0.148. The van der Waals surface area contributed by atoms with Gasteiger partial charge in [0.15, 0.2) is 5.01 Å². The van der Waals surface area contributed by atoms with E-state index in [2.05, 4.69) is 21.2 Å². The molecule has 1 aliphatic rings. The SMILES string of the molecule is C/C=C/C(Br)Oc1ccc2c(c1)NC(=O)CC2. The molecule has 0 saturated carbocycles. The normalized spacial score (nSPS) is 16.5. The van der Waals surface area contributed by atoms with E-state index < -0.39 is 0 Å². The van der Waals surface area contributed by atoms with Crippen LogP contribution in [0.4, 0.5) is 5.69 Å². The summed E-state index contributed by atoms with van der Waals surface area (Å²) in [7, 11) is 0. The third-order valence-electron chi connectivity index (χ3n) is 2.57. The average molecular weight is 296 g/mol. The third kappa shape index (κ3) is 3.09. The van der Waals surface area contributed by atoms with Crippen molar-refractivity contribution in [3.63, 3.8) is 0 Å². The van der Waals surface area contributed by atoms with Crippen LogP contribution in [0.25, 0.3) is 0 Å². The van der Waals surface area contributed by atoms with Crippen LogP contribution >= 0.6 is 15.9 Å². The molecule has 3 nitrogen and oxygen atoms in total. The number of halogens is 1. The van der Waals surface area contributed by atoms with E-state index in [9.17, 15) is 4.79 Å². The minimum Gasteiger partial charge on any atom is -0.475 e. The van der Waals surface area contributed by atoms with E-state index in [1.165, 1.54) is 0 Å². The Morgan fingerprint density at radius 1 is 1.47 bits per heavy atom. The van der Waals surface area contributed by atoms with Gasteiger partial charge in [0.1, 0.15) is 5.75 Å². The highest BCUT2D eigenvalue weighted by molar-refractivity contribution is 9.09. The fraction of sp³-hybridized carbons (Fsp3) is 0.308. The third-order valence-corrected chi connectivity index (χ3v) is 3.06. The van der Waals surface area contributed by atoms with E-state index in [0.717, 1.165) is 23.4 Å². The number of rotatable bonds is 3. The Hall–Kier alpha value is -1.29. The molecule has 0 saturated heterocycles. The Balaban J connectivity index is 2.15. The quantitative estimate of drug-likeness (QED) is 0.687. The maximum absolute atomic E-state index is 11.3. The first-order valence-electron chi connectivity index (χ1n) is 5.55. The second kappa shape index (κ2) is 5.36. The predicted molar refractivity (Wildman–Crippen MR) is 71.5 cm³/mol. The molecule has 0 aliphatic carbocycles. The van der Waals surface area contributed by atoms with Gasteiger partial charge in [-0.25, -0.2) is 0 Å². The number of alkyl halides is 1. The van der Waals surface area contributed by atoms with Crippen molar-refractivity contribution in [1.82, 2.24) is 0 Å². The van der Waals surface area contributed by atoms with Gasteiger partial charge in [0.05, 0.1) is 0 Å². The first-order chi connectivity index (χ1) is 8.19. The van der Waals surface area contributed by atoms with Gasteiger partial charge in [0.2, 0.25) is 5.91 Å². The smallest absolute Gasteiger partial charge is 0.224 e. The van der Waals surface area contributed by atoms with Gasteiger partial charge in [0, 0.05) is 18.2 Å². The van der Waals surface area contributed by atoms with Gasteiger partial charge < -0.3 is 10.1 Å². The number of anilines is 1. The number of carbonyl (C=O) groups excluding carboxylic acids is 1. The number of benzene rings is 1. The van der Waals surface area contributed by atoms with Crippen LogP contribution in [-0.2, 0) is 11.2 Å². The molecule has 1 N–H and O–H groups in total. The molecule has 17 heavy (non-hydrogen) atoms. The zero-order valence-electron chi connectivity index (χ0n) is 9.57. The Kier molecular flexibility index (Phi) is 3.84. The summed E-state index contributed by atoms with van der Waals surface area (Å²) in [6.07, 6.45) is 5.18. The topological polar surface area (TPSA) is 38.3 Å². The van der Waals surface area contributed by atoms with E-state index in [-0.39, 0.29) is 10.9 Å². The molecule has 1 atom stereocenters. The molecule has 1 aromatic carbocycles. The van der Waals surface area contributed by atoms with Crippen LogP contribution in [0.15, 0.2) is 30.4 Å². The average Bonchev–Trinajstić information content (AvgIpc) is 2.28. The predicted octanol–water partition coefficient (Wildman–Crippen LogP) is 3.25. The van der Waals surface area contributed by atoms with Crippen molar-refractivity contribution >= 4 is 27.5 Å². The lowest BCUT2D eigenvalue weighted by atomic mass is 10.0. The zero-order valence-corrected chi connectivity index (χ0v) is 11.2. The van der Waals surface area contributed by atoms with Gasteiger partial charge in [-0.2, -0.15) is 0 Å². The number of ether oxygens (including phenoxy) is 1. The van der Waals surface area contributed by atoms with Crippen LogP contribution in [-0.4, -0.2) is 10.9 Å². The molecule has 2 rings (SSSR count). The summed E-state index contributed by atoms with van der Waals surface area (Å²) in [5.74, 6) is 0.810. The lowest BCUT2D eigenvalue weighted by molar-refractivity contribution is -0.116. The Morgan fingerprint density at radius 2 is 2.29 bits per heavy atom. The summed E-state index contributed by atoms with van der Waals surface area (Å²) in [6, 6.07) is 5.79. The fourth-order valence-corrected chi connectivity index (χ4v) is 2.27. The maximum Gasteiger partial charge on any atom is 0.224 e. The van der Waals surface area contributed by atoms with Crippen molar-refractivity contribution in [2.24, 2.45) is 0 Å². The summed E-state index contributed by atoms with van der Waals surface area (Å²) in [5.41, 5.74) is 2.02. The van der Waals surface area contributed by atoms with E-state index in [0.29, 0.717) is 6.42 Å². The van der Waals surface area contributed by atoms with Crippen LogP contribution in [0.5, 0.6) is 5.75 Å². The van der Waals surface area contributed by atoms with Gasteiger partial charge in [-0.3, -0.25) is 4.79 Å². The Morgan fingerprint density at radius 3 is 3.06 bits per heavy atom. The summed E-state index contributed by atoms with van der Waals surface area (Å²) >= 11 is 3.39. The lowest BCUT2D eigenvalue weighted by Crippen LogP contribution is -2.19. The largest absolute Gasteiger partial charge is 0.475 e. The number of amides is 1. The van der Waals surface area contributed by atoms with Crippen LogP contribution < -0.4 is 10.1 Å². The van der Waals surface area contributed by atoms with Crippen LogP contribution in [0.3, 0.4) is 0 Å². The summed E-state index contributed by atoms with van der Waals surface area (Å²) in [6.45, 7) is 1.94. The van der Waals surface area contributed by atoms with E-state index in [1.54, 1.807) is 0 Å². The van der Waals surface area contributed by atoms with Crippen LogP contribution in [0.1, 0.15) is 18.9 Å². The second-order valence-corrected chi connectivity index (χ2v) is 4.76. The van der Waals surface area contributed by atoms with Crippen molar-refractivity contribution in [3.8, 4) is 5.75 Å². The van der Waals surface area contributed by atoms with Crippen molar-refractivity contribution in [2.45, 2.75) is 24.8 Å². The van der Waals surface area contributed by atoms with E-state index >= 15 is 0 Å². The number of nitrogens with one attached hydrogen (secondary N) is 1. The number of carbonyl (C=O) groups is 1. The van der Waals surface area contributed by atoms with Gasteiger partial charge in [0.25, 0.3) is 0 Å². The molecular weight excluding hydrogens is 282 g/mol. The maximum atomic E-state index is 11.3. The first kappa shape index (κ1) is 12.2. The monoisotopic (exact) mass is 295 g/mol. The van der Waals surface area contributed by atoms with Crippen molar-refractivity contribution in [1.29, 1.82) is 0 Å². The number of allylic oxidation sites excluding steroid dienone is 1. The minimum absolute atomic E-state index is 0.0681. The molecular formula is C13H14BrNO2. The highest BCUT2D eigenvalue weighted by atomic mass is 79.9. The highest BCUT2D eigenvalue weighted by Crippen LogP contribution is 2.28. The van der Waals surface area contributed by atoms with Gasteiger partial charge >= 0.3 is 0 Å². The lowest BCUT2D eigenvalue weighted by Gasteiger charge is -2.18. The number of hydrogen-bond donors (Lipinski definition) is 1. The van der Waals surface area contributed by atoms with Gasteiger partial charge in [-0.1, -0.05) is 12.1 Å². The molecule has 0 aromatic heterocycles. The molecule has 1 aliphatic heterocycles. The Bertz CT molecular complexity index is 457. The summed E-state index contributed by atoms with van der Waals surface area (Å²) in [5, 5.41) is 2.70. The molecule has 0 radical (unpaired) electrons. The summed E-state index contributed by atoms with van der Waals surface area (Å²) < 4.78 is 5.63. The fourth-order valence-electron chi connectivity index (χ4n) is 1.74. The van der Waals surface area contributed by atoms with E-state index in [4.69, 9.17) is 4.74 Å². The molecule has 4 heteroatoms. The molecule has 0 bridgehead atoms. The molecule has 1 amide bonds. The first-order valence-corrected chi connectivity index (χ1v) is 6.47. The number of hydrogen-bond acceptors (Lipinski definition) is 2. The van der Waals surface area contributed by atoms with Crippen LogP contribution in [0, 0.1) is 0 Å². The van der Waals surface area contributed by atoms with Crippen LogP contribution in [0.2, 0.25) is 0 Å². The van der Waals surface area contributed by atoms with Crippen molar-refractivity contribution < 1.29 is 9.53 Å². The van der Waals surface area contributed by atoms with Crippen molar-refractivity contribution in [3.05, 3.63) is 35.9 Å². The molecule has 1 aromatic rings. The standard InChI is InChI=1S/C13H14BrNO2/c1-2-3-12(14)17-10-6-4-9-5-7-13(16)15-11(9)8-10/h2-4,6,8,12H,5,7H2,1H3,(H,15,16)/b3-2+. The Labute approximate surface area is 109 Å². The highest BCUT2D eigenvalue weighted by Gasteiger charge is 2.15. The number of aryl methyl sites for hydroxylation is 1. The molecule has 1 unspecified atom stereocenters. The van der Waals surface area contributed by atoms with Gasteiger partial charge in [-0.15, -0.1) is 0 Å². The van der Waals surface area contributed by atoms with E-state index in [1.807, 2.05) is 37.3 Å². The molecule has 1 heterocycles. The second-order valence-electron chi connectivity index (χ2n) is 3.86. The number of fused-ring (bicyclic) bond motifs is 1. The van der Waals surface area contributed by atoms with Gasteiger partial charge in [-0.05, 0) is 47.0 Å².